The minimum absolute atomic E-state index is 0.293. The Morgan fingerprint density at radius 3 is 3.05 bits per heavy atom. The fraction of sp³-hybridized carbons (Fsp3) is 0.500. The summed E-state index contributed by atoms with van der Waals surface area (Å²) < 4.78 is 1.82. The maximum Gasteiger partial charge on any atom is 0.337 e. The Hall–Kier alpha value is -1.88. The number of piperidine rings is 1. The van der Waals surface area contributed by atoms with Gasteiger partial charge in [0.05, 0.1) is 11.3 Å². The Balaban J connectivity index is 1.76. The van der Waals surface area contributed by atoms with E-state index in [0.717, 1.165) is 30.9 Å². The number of hydrogen-bond acceptors (Lipinski definition) is 3. The molecular formula is C16H21N3O2. The number of aromatic carboxylic acids is 1. The second-order valence-electron chi connectivity index (χ2n) is 5.83. The molecule has 1 aliphatic rings. The lowest BCUT2D eigenvalue weighted by atomic mass is 9.94. The molecule has 0 aliphatic carbocycles. The Bertz CT molecular complexity index is 650. The topological polar surface area (TPSA) is 57.8 Å². The van der Waals surface area contributed by atoms with Crippen LogP contribution in [0.3, 0.4) is 0 Å². The first-order chi connectivity index (χ1) is 10.2. The lowest BCUT2D eigenvalue weighted by Crippen LogP contribution is -2.35. The molecule has 0 bridgehead atoms. The zero-order valence-electron chi connectivity index (χ0n) is 12.3. The van der Waals surface area contributed by atoms with Crippen LogP contribution in [0.5, 0.6) is 0 Å². The van der Waals surface area contributed by atoms with Crippen LogP contribution in [0.1, 0.15) is 35.8 Å². The van der Waals surface area contributed by atoms with E-state index in [1.54, 1.807) is 18.3 Å². The van der Waals surface area contributed by atoms with Crippen molar-refractivity contribution in [1.82, 2.24) is 14.3 Å². The maximum absolute atomic E-state index is 11.0. The quantitative estimate of drug-likeness (QED) is 0.937. The molecular weight excluding hydrogens is 266 g/mol. The predicted molar refractivity (Wildman–Crippen MR) is 80.7 cm³/mol. The highest BCUT2D eigenvalue weighted by Crippen LogP contribution is 2.20. The van der Waals surface area contributed by atoms with Gasteiger partial charge < -0.3 is 14.4 Å². The Morgan fingerprint density at radius 2 is 2.29 bits per heavy atom. The number of rotatable bonds is 4. The third-order valence-corrected chi connectivity index (χ3v) is 4.30. The lowest BCUT2D eigenvalue weighted by Gasteiger charge is -2.31. The van der Waals surface area contributed by atoms with Crippen molar-refractivity contribution in [2.24, 2.45) is 5.92 Å². The van der Waals surface area contributed by atoms with Gasteiger partial charge >= 0.3 is 5.97 Å². The molecule has 5 nitrogen and oxygen atoms in total. The third-order valence-electron chi connectivity index (χ3n) is 4.30. The van der Waals surface area contributed by atoms with Crippen molar-refractivity contribution in [3.63, 3.8) is 0 Å². The average molecular weight is 287 g/mol. The van der Waals surface area contributed by atoms with Gasteiger partial charge in [-0.05, 0) is 50.4 Å². The molecule has 0 saturated carbocycles. The molecule has 2 aromatic rings. The van der Waals surface area contributed by atoms with E-state index in [0.29, 0.717) is 11.5 Å². The second kappa shape index (κ2) is 5.85. The highest BCUT2D eigenvalue weighted by molar-refractivity contribution is 5.87. The molecule has 2 aromatic heterocycles. The van der Waals surface area contributed by atoms with Gasteiger partial charge in [0.25, 0.3) is 0 Å². The molecule has 112 valence electrons. The number of nitrogens with zero attached hydrogens (tertiary/aromatic N) is 3. The molecule has 0 radical (unpaired) electrons. The molecule has 1 saturated heterocycles. The van der Waals surface area contributed by atoms with E-state index in [-0.39, 0.29) is 0 Å². The largest absolute Gasteiger partial charge is 0.478 e. The van der Waals surface area contributed by atoms with Crippen molar-refractivity contribution >= 4 is 11.6 Å². The summed E-state index contributed by atoms with van der Waals surface area (Å²) in [5.41, 5.74) is 2.17. The molecule has 1 aliphatic heterocycles. The zero-order chi connectivity index (χ0) is 14.8. The fourth-order valence-electron chi connectivity index (χ4n) is 3.17. The minimum atomic E-state index is -0.905. The molecule has 3 rings (SSSR count). The fourth-order valence-corrected chi connectivity index (χ4v) is 3.17. The highest BCUT2D eigenvalue weighted by atomic mass is 16.4. The minimum Gasteiger partial charge on any atom is -0.478 e. The molecule has 1 N–H and O–H groups in total. The molecule has 0 amide bonds. The van der Waals surface area contributed by atoms with Gasteiger partial charge in [0.2, 0.25) is 0 Å². The number of aromatic nitrogens is 2. The third kappa shape index (κ3) is 3.08. The summed E-state index contributed by atoms with van der Waals surface area (Å²) in [4.78, 5) is 18.1. The van der Waals surface area contributed by atoms with E-state index in [2.05, 4.69) is 16.8 Å². The van der Waals surface area contributed by atoms with Crippen molar-refractivity contribution in [3.8, 4) is 0 Å². The summed E-state index contributed by atoms with van der Waals surface area (Å²) in [5.74, 6) is -0.249. The van der Waals surface area contributed by atoms with Gasteiger partial charge in [-0.15, -0.1) is 0 Å². The first kappa shape index (κ1) is 14.1. The van der Waals surface area contributed by atoms with Crippen LogP contribution in [0.15, 0.2) is 24.5 Å². The molecule has 1 fully saturated rings. The van der Waals surface area contributed by atoms with E-state index >= 15 is 0 Å². The van der Waals surface area contributed by atoms with Crippen LogP contribution in [0, 0.1) is 5.92 Å². The summed E-state index contributed by atoms with van der Waals surface area (Å²) >= 11 is 0. The first-order valence-electron chi connectivity index (χ1n) is 7.59. The van der Waals surface area contributed by atoms with Crippen LogP contribution in [0.25, 0.3) is 5.65 Å². The van der Waals surface area contributed by atoms with E-state index < -0.39 is 5.97 Å². The smallest absolute Gasteiger partial charge is 0.337 e. The average Bonchev–Trinajstić information content (AvgIpc) is 2.88. The Labute approximate surface area is 124 Å². The van der Waals surface area contributed by atoms with E-state index in [9.17, 15) is 4.79 Å². The highest BCUT2D eigenvalue weighted by Gasteiger charge is 2.20. The number of hydrogen-bond donors (Lipinski definition) is 1. The maximum atomic E-state index is 11.0. The number of imidazole rings is 1. The molecule has 3 heterocycles. The van der Waals surface area contributed by atoms with Gasteiger partial charge in [0, 0.05) is 18.9 Å². The summed E-state index contributed by atoms with van der Waals surface area (Å²) in [6.45, 7) is 5.68. The predicted octanol–water partition coefficient (Wildman–Crippen LogP) is 2.31. The van der Waals surface area contributed by atoms with Gasteiger partial charge in [-0.2, -0.15) is 0 Å². The summed E-state index contributed by atoms with van der Waals surface area (Å²) in [6, 6.07) is 3.38. The SMILES string of the molecule is CCN1CCCC(Cc2cn3cc(C(=O)O)ccc3n2)C1. The van der Waals surface area contributed by atoms with Crippen LogP contribution in [0.4, 0.5) is 0 Å². The van der Waals surface area contributed by atoms with Crippen molar-refractivity contribution in [2.45, 2.75) is 26.2 Å². The molecule has 0 spiro atoms. The normalized spacial score (nSPS) is 20.0. The van der Waals surface area contributed by atoms with Crippen molar-refractivity contribution in [3.05, 3.63) is 35.8 Å². The van der Waals surface area contributed by atoms with Crippen molar-refractivity contribution in [1.29, 1.82) is 0 Å². The lowest BCUT2D eigenvalue weighted by molar-refractivity contribution is 0.0696. The van der Waals surface area contributed by atoms with E-state index in [1.807, 2.05) is 10.6 Å². The Morgan fingerprint density at radius 1 is 1.43 bits per heavy atom. The Kier molecular flexibility index (Phi) is 3.92. The summed E-state index contributed by atoms with van der Waals surface area (Å²) in [7, 11) is 0. The number of likely N-dealkylation sites (tertiary alicyclic amines) is 1. The zero-order valence-corrected chi connectivity index (χ0v) is 12.3. The molecule has 1 unspecified atom stereocenters. The standard InChI is InChI=1S/C16H21N3O2/c1-2-18-7-3-4-12(9-18)8-14-11-19-10-13(16(20)21)5-6-15(19)17-14/h5-6,10-12H,2-4,7-9H2,1H3,(H,20,21). The van der Waals surface area contributed by atoms with Crippen molar-refractivity contribution < 1.29 is 9.90 Å². The molecule has 21 heavy (non-hydrogen) atoms. The van der Waals surface area contributed by atoms with Crippen LogP contribution in [-0.4, -0.2) is 45.0 Å². The molecule has 0 aromatic carbocycles. The van der Waals surface area contributed by atoms with Gasteiger partial charge in [0.1, 0.15) is 5.65 Å². The van der Waals surface area contributed by atoms with Gasteiger partial charge in [-0.3, -0.25) is 0 Å². The number of carboxylic acid groups (broad SMARTS) is 1. The first-order valence-corrected chi connectivity index (χ1v) is 7.59. The van der Waals surface area contributed by atoms with Crippen molar-refractivity contribution in [2.75, 3.05) is 19.6 Å². The van der Waals surface area contributed by atoms with Gasteiger partial charge in [0.15, 0.2) is 0 Å². The van der Waals surface area contributed by atoms with E-state index in [1.165, 1.54) is 19.4 Å². The number of carbonyl (C=O) groups is 1. The van der Waals surface area contributed by atoms with Gasteiger partial charge in [-0.25, -0.2) is 9.78 Å². The van der Waals surface area contributed by atoms with Crippen LogP contribution in [0.2, 0.25) is 0 Å². The number of carboxylic acids is 1. The summed E-state index contributed by atoms with van der Waals surface area (Å²) in [5, 5.41) is 9.03. The van der Waals surface area contributed by atoms with Crippen LogP contribution < -0.4 is 0 Å². The molecule has 1 atom stereocenters. The monoisotopic (exact) mass is 287 g/mol. The second-order valence-corrected chi connectivity index (χ2v) is 5.83. The van der Waals surface area contributed by atoms with Gasteiger partial charge in [-0.1, -0.05) is 6.92 Å². The number of fused-ring (bicyclic) bond motifs is 1. The van der Waals surface area contributed by atoms with Crippen LogP contribution in [-0.2, 0) is 6.42 Å². The number of pyridine rings is 1. The van der Waals surface area contributed by atoms with E-state index in [4.69, 9.17) is 5.11 Å². The summed E-state index contributed by atoms with van der Waals surface area (Å²) in [6.07, 6.45) is 7.08. The molecule has 5 heteroatoms. The van der Waals surface area contributed by atoms with Crippen LogP contribution >= 0.6 is 0 Å².